The van der Waals surface area contributed by atoms with Gasteiger partial charge in [-0.25, -0.2) is 0 Å². The first-order valence-electron chi connectivity index (χ1n) is 2.66. The number of rotatable bonds is 4. The molecule has 1 atom stereocenters. The van der Waals surface area contributed by atoms with E-state index in [0.29, 0.717) is 6.61 Å². The molecule has 0 aliphatic rings. The number of ether oxygens (including phenoxy) is 1. The van der Waals surface area contributed by atoms with Crippen LogP contribution in [0.2, 0.25) is 0 Å². The maximum Gasteiger partial charge on any atom is 0.136 e. The molecular formula is C8H10O. The Morgan fingerprint density at radius 1 is 1.67 bits per heavy atom. The average molecular weight is 122 g/mol. The van der Waals surface area contributed by atoms with Gasteiger partial charge in [0.05, 0.1) is 6.61 Å². The van der Waals surface area contributed by atoms with E-state index in [2.05, 4.69) is 19.1 Å². The van der Waals surface area contributed by atoms with Crippen molar-refractivity contribution >= 4 is 0 Å². The van der Waals surface area contributed by atoms with E-state index in [1.54, 1.807) is 12.2 Å². The first-order valence-corrected chi connectivity index (χ1v) is 2.66. The number of terminal acetylenes is 1. The quantitative estimate of drug-likeness (QED) is 0.404. The van der Waals surface area contributed by atoms with Crippen molar-refractivity contribution in [3.63, 3.8) is 0 Å². The summed E-state index contributed by atoms with van der Waals surface area (Å²) in [6.07, 6.45) is 7.99. The topological polar surface area (TPSA) is 9.23 Å². The summed E-state index contributed by atoms with van der Waals surface area (Å²) in [5.74, 6) is 2.40. The lowest BCUT2D eigenvalue weighted by atomic mass is 10.4. The molecule has 0 N–H and O–H groups in total. The fourth-order valence-electron chi connectivity index (χ4n) is 0.356. The molecule has 0 amide bonds. The molecule has 0 saturated carbocycles. The zero-order chi connectivity index (χ0) is 7.11. The van der Waals surface area contributed by atoms with Crippen molar-refractivity contribution in [2.24, 2.45) is 0 Å². The first-order chi connectivity index (χ1) is 4.35. The highest BCUT2D eigenvalue weighted by Crippen LogP contribution is 1.89. The predicted molar refractivity (Wildman–Crippen MR) is 39.0 cm³/mol. The molecule has 0 bridgehead atoms. The summed E-state index contributed by atoms with van der Waals surface area (Å²) in [6, 6.07) is 0. The third-order valence-corrected chi connectivity index (χ3v) is 0.772. The first kappa shape index (κ1) is 8.00. The van der Waals surface area contributed by atoms with Gasteiger partial charge in [0.15, 0.2) is 0 Å². The van der Waals surface area contributed by atoms with Crippen LogP contribution in [0.15, 0.2) is 25.3 Å². The summed E-state index contributed by atoms with van der Waals surface area (Å²) in [5.41, 5.74) is 0. The Labute approximate surface area is 56.0 Å². The van der Waals surface area contributed by atoms with Crippen LogP contribution in [-0.2, 0) is 4.74 Å². The monoisotopic (exact) mass is 122 g/mol. The summed E-state index contributed by atoms with van der Waals surface area (Å²) in [6.45, 7) is 7.43. The second kappa shape index (κ2) is 5.14. The second-order valence-electron chi connectivity index (χ2n) is 1.44. The van der Waals surface area contributed by atoms with Crippen LogP contribution in [0.1, 0.15) is 0 Å². The minimum absolute atomic E-state index is 0.275. The van der Waals surface area contributed by atoms with Gasteiger partial charge < -0.3 is 4.74 Å². The molecule has 0 fully saturated rings. The summed E-state index contributed by atoms with van der Waals surface area (Å²) >= 11 is 0. The summed E-state index contributed by atoms with van der Waals surface area (Å²) in [5, 5.41) is 0. The highest BCUT2D eigenvalue weighted by Gasteiger charge is 1.93. The Balaban J connectivity index is 3.46. The molecule has 0 heterocycles. The molecule has 1 unspecified atom stereocenters. The lowest BCUT2D eigenvalue weighted by Crippen LogP contribution is -2.05. The zero-order valence-electron chi connectivity index (χ0n) is 5.34. The third-order valence-electron chi connectivity index (χ3n) is 0.772. The van der Waals surface area contributed by atoms with Gasteiger partial charge >= 0.3 is 0 Å². The lowest BCUT2D eigenvalue weighted by Gasteiger charge is -2.02. The third kappa shape index (κ3) is 3.57. The molecule has 0 aromatic heterocycles. The van der Waals surface area contributed by atoms with E-state index >= 15 is 0 Å². The number of hydrogen-bond acceptors (Lipinski definition) is 1. The molecule has 0 saturated heterocycles. The van der Waals surface area contributed by atoms with Crippen molar-refractivity contribution in [1.29, 1.82) is 0 Å². The van der Waals surface area contributed by atoms with Crippen molar-refractivity contribution in [3.05, 3.63) is 25.3 Å². The maximum absolute atomic E-state index is 5.04. The smallest absolute Gasteiger partial charge is 0.136 e. The van der Waals surface area contributed by atoms with Crippen LogP contribution in [0.4, 0.5) is 0 Å². The van der Waals surface area contributed by atoms with Crippen LogP contribution < -0.4 is 0 Å². The van der Waals surface area contributed by atoms with Crippen molar-refractivity contribution in [2.75, 3.05) is 6.61 Å². The van der Waals surface area contributed by atoms with Crippen molar-refractivity contribution < 1.29 is 4.74 Å². The van der Waals surface area contributed by atoms with Crippen LogP contribution in [-0.4, -0.2) is 12.7 Å². The molecule has 0 aromatic rings. The molecule has 0 spiro atoms. The Bertz CT molecular complexity index is 130. The van der Waals surface area contributed by atoms with E-state index in [1.165, 1.54) is 0 Å². The minimum Gasteiger partial charge on any atom is -0.357 e. The molecular weight excluding hydrogens is 112 g/mol. The highest BCUT2D eigenvalue weighted by atomic mass is 16.5. The van der Waals surface area contributed by atoms with Gasteiger partial charge in [0, 0.05) is 0 Å². The average Bonchev–Trinajstić information content (AvgIpc) is 1.91. The van der Waals surface area contributed by atoms with Crippen LogP contribution in [0.25, 0.3) is 0 Å². The van der Waals surface area contributed by atoms with Crippen LogP contribution in [0.5, 0.6) is 0 Å². The van der Waals surface area contributed by atoms with Gasteiger partial charge in [0.25, 0.3) is 0 Å². The van der Waals surface area contributed by atoms with Gasteiger partial charge in [-0.2, -0.15) is 0 Å². The standard InChI is InChI=1S/C8H10O/c1-4-7-9-8(5-2)6-3/h2,4,6,8H,1,3,7H2. The molecule has 0 radical (unpaired) electrons. The largest absolute Gasteiger partial charge is 0.357 e. The Morgan fingerprint density at radius 2 is 2.33 bits per heavy atom. The SMILES string of the molecule is C#CC(C=C)OCC=C. The van der Waals surface area contributed by atoms with Gasteiger partial charge in [-0.15, -0.1) is 13.0 Å². The predicted octanol–water partition coefficient (Wildman–Crippen LogP) is 1.38. The number of hydrogen-bond donors (Lipinski definition) is 0. The molecule has 0 aliphatic carbocycles. The normalized spacial score (nSPS) is 11.4. The van der Waals surface area contributed by atoms with E-state index in [4.69, 9.17) is 11.2 Å². The van der Waals surface area contributed by atoms with Gasteiger partial charge in [0.2, 0.25) is 0 Å². The Morgan fingerprint density at radius 3 is 2.67 bits per heavy atom. The molecule has 0 aliphatic heterocycles. The summed E-state index contributed by atoms with van der Waals surface area (Å²) in [7, 11) is 0. The minimum atomic E-state index is -0.275. The van der Waals surface area contributed by atoms with E-state index < -0.39 is 0 Å². The molecule has 1 heteroatoms. The van der Waals surface area contributed by atoms with Crippen LogP contribution in [0.3, 0.4) is 0 Å². The van der Waals surface area contributed by atoms with Crippen LogP contribution >= 0.6 is 0 Å². The van der Waals surface area contributed by atoms with Gasteiger partial charge in [-0.05, 0) is 0 Å². The van der Waals surface area contributed by atoms with Gasteiger partial charge in [0.1, 0.15) is 6.10 Å². The van der Waals surface area contributed by atoms with Gasteiger partial charge in [-0.1, -0.05) is 24.7 Å². The Hall–Kier alpha value is -1.00. The summed E-state index contributed by atoms with van der Waals surface area (Å²) < 4.78 is 5.02. The highest BCUT2D eigenvalue weighted by molar-refractivity contribution is 5.04. The second-order valence-corrected chi connectivity index (χ2v) is 1.44. The van der Waals surface area contributed by atoms with Crippen molar-refractivity contribution in [2.45, 2.75) is 6.10 Å². The fraction of sp³-hybridized carbons (Fsp3) is 0.250. The summed E-state index contributed by atoms with van der Waals surface area (Å²) in [4.78, 5) is 0. The van der Waals surface area contributed by atoms with E-state index in [0.717, 1.165) is 0 Å². The van der Waals surface area contributed by atoms with Crippen molar-refractivity contribution in [1.82, 2.24) is 0 Å². The molecule has 48 valence electrons. The fourth-order valence-corrected chi connectivity index (χ4v) is 0.356. The van der Waals surface area contributed by atoms with E-state index in [1.807, 2.05) is 0 Å². The van der Waals surface area contributed by atoms with Crippen LogP contribution in [0, 0.1) is 12.3 Å². The van der Waals surface area contributed by atoms with Gasteiger partial charge in [-0.3, -0.25) is 0 Å². The van der Waals surface area contributed by atoms with E-state index in [-0.39, 0.29) is 6.10 Å². The zero-order valence-corrected chi connectivity index (χ0v) is 5.34. The van der Waals surface area contributed by atoms with Crippen molar-refractivity contribution in [3.8, 4) is 12.3 Å². The molecule has 0 aromatic carbocycles. The lowest BCUT2D eigenvalue weighted by molar-refractivity contribution is 0.149. The molecule has 1 nitrogen and oxygen atoms in total. The Kier molecular flexibility index (Phi) is 4.57. The molecule has 0 rings (SSSR count). The van der Waals surface area contributed by atoms with E-state index in [9.17, 15) is 0 Å². The molecule has 9 heavy (non-hydrogen) atoms. The maximum atomic E-state index is 5.04.